The fourth-order valence-electron chi connectivity index (χ4n) is 5.01. The predicted molar refractivity (Wildman–Crippen MR) is 204 cm³/mol. The first-order valence-electron chi connectivity index (χ1n) is 15.6. The lowest BCUT2D eigenvalue weighted by Gasteiger charge is -2.16. The molecule has 0 saturated heterocycles. The molecule has 6 rings (SSSR count). The minimum atomic E-state index is -4.92. The molecule has 0 atom stereocenters. The number of carbonyl (C=O) groups excluding carboxylic acids is 2. The number of hydrogen-bond donors (Lipinski definition) is 7. The molecule has 0 saturated carbocycles. The number of aliphatic hydroxyl groups excluding tert-OH is 2. The van der Waals surface area contributed by atoms with Crippen LogP contribution in [0.25, 0.3) is 6.08 Å². The number of fused-ring (bicyclic) bond motifs is 1. The third-order valence-corrected chi connectivity index (χ3v) is 8.61. The molecule has 17 heteroatoms. The number of carbonyl (C=O) groups is 3. The zero-order valence-corrected chi connectivity index (χ0v) is 28.4. The average Bonchev–Trinajstić information content (AvgIpc) is 3.14. The molecule has 8 N–H and O–H groups in total. The first kappa shape index (κ1) is 36.3. The van der Waals surface area contributed by atoms with E-state index < -0.39 is 43.8 Å². The van der Waals surface area contributed by atoms with Crippen molar-refractivity contribution in [3.63, 3.8) is 0 Å². The van der Waals surface area contributed by atoms with E-state index in [1.807, 2.05) is 0 Å². The third kappa shape index (κ3) is 8.34. The lowest BCUT2D eigenvalue weighted by molar-refractivity contribution is -0.134. The van der Waals surface area contributed by atoms with E-state index in [1.165, 1.54) is 48.5 Å². The van der Waals surface area contributed by atoms with Gasteiger partial charge in [-0.05, 0) is 121 Å². The topological polar surface area (TPSA) is 266 Å². The Balaban J connectivity index is 1.14. The summed E-state index contributed by atoms with van der Waals surface area (Å²) in [4.78, 5) is 43.8. The molecular formula is C37H27N7O9S. The summed E-state index contributed by atoms with van der Waals surface area (Å²) in [5.74, 6) is -3.44. The van der Waals surface area contributed by atoms with E-state index in [0.717, 1.165) is 18.2 Å². The van der Waals surface area contributed by atoms with E-state index in [4.69, 9.17) is 10.8 Å². The Labute approximate surface area is 306 Å². The smallest absolute Gasteiger partial charge is 0.339 e. The van der Waals surface area contributed by atoms with Gasteiger partial charge in [-0.2, -0.15) is 18.6 Å². The minimum Gasteiger partial charge on any atom is -0.493 e. The third-order valence-electron chi connectivity index (χ3n) is 7.75. The van der Waals surface area contributed by atoms with E-state index in [-0.39, 0.29) is 34.3 Å². The Kier molecular flexibility index (Phi) is 10.1. The van der Waals surface area contributed by atoms with Gasteiger partial charge in [-0.15, -0.1) is 0 Å². The molecule has 0 unspecified atom stereocenters. The number of nitrogens with zero attached hydrogens (tertiary/aromatic N) is 4. The molecule has 0 aliphatic heterocycles. The molecule has 0 spiro atoms. The van der Waals surface area contributed by atoms with Crippen molar-refractivity contribution < 1.29 is 42.7 Å². The highest BCUT2D eigenvalue weighted by molar-refractivity contribution is 7.91. The van der Waals surface area contributed by atoms with Crippen LogP contribution in [0.4, 0.5) is 28.4 Å². The number of hydrazone groups is 2. The lowest BCUT2D eigenvalue weighted by Crippen LogP contribution is -2.27. The number of carboxylic acid groups (broad SMARTS) is 1. The highest BCUT2D eigenvalue weighted by Crippen LogP contribution is 2.30. The lowest BCUT2D eigenvalue weighted by atomic mass is 9.94. The summed E-state index contributed by atoms with van der Waals surface area (Å²) < 4.78 is 34.6. The van der Waals surface area contributed by atoms with Crippen LogP contribution in [-0.2, 0) is 19.7 Å². The van der Waals surface area contributed by atoms with Crippen molar-refractivity contribution in [1.29, 1.82) is 0 Å². The van der Waals surface area contributed by atoms with Gasteiger partial charge in [0.05, 0.1) is 28.5 Å². The minimum absolute atomic E-state index is 0.0803. The number of benzene rings is 4. The summed E-state index contributed by atoms with van der Waals surface area (Å²) in [5.41, 5.74) is 13.1. The van der Waals surface area contributed by atoms with Crippen molar-refractivity contribution >= 4 is 85.4 Å². The summed E-state index contributed by atoms with van der Waals surface area (Å²) in [6.45, 7) is 0. The van der Waals surface area contributed by atoms with Gasteiger partial charge in [0, 0.05) is 22.4 Å². The van der Waals surface area contributed by atoms with Gasteiger partial charge in [-0.25, -0.2) is 14.8 Å². The molecule has 0 bridgehead atoms. The molecule has 0 radical (unpaired) electrons. The molecule has 0 amide bonds. The molecular weight excluding hydrogens is 719 g/mol. The molecule has 54 heavy (non-hydrogen) atoms. The van der Waals surface area contributed by atoms with Crippen LogP contribution in [0.15, 0.2) is 140 Å². The second-order valence-electron chi connectivity index (χ2n) is 11.5. The molecule has 0 fully saturated rings. The second-order valence-corrected chi connectivity index (χ2v) is 12.9. The summed E-state index contributed by atoms with van der Waals surface area (Å²) in [6, 6.07) is 22.9. The summed E-state index contributed by atoms with van der Waals surface area (Å²) in [6.07, 6.45) is 4.70. The van der Waals surface area contributed by atoms with Gasteiger partial charge in [-0.1, -0.05) is 0 Å². The van der Waals surface area contributed by atoms with Crippen LogP contribution >= 0.6 is 0 Å². The first-order valence-corrected chi connectivity index (χ1v) is 17.0. The number of allylic oxidation sites excluding steroid dienone is 4. The van der Waals surface area contributed by atoms with Crippen molar-refractivity contribution in [3.8, 4) is 0 Å². The van der Waals surface area contributed by atoms with Crippen LogP contribution in [-0.4, -0.2) is 69.0 Å². The first-order chi connectivity index (χ1) is 25.7. The maximum Gasteiger partial charge on any atom is 0.339 e. The van der Waals surface area contributed by atoms with Crippen LogP contribution in [0.2, 0.25) is 0 Å². The summed E-state index contributed by atoms with van der Waals surface area (Å²) in [5, 5.41) is 38.2. The zero-order valence-electron chi connectivity index (χ0n) is 27.6. The molecule has 2 aliphatic rings. The molecule has 2 aliphatic carbocycles. The van der Waals surface area contributed by atoms with E-state index in [9.17, 15) is 37.6 Å². The van der Waals surface area contributed by atoms with Gasteiger partial charge in [0.2, 0.25) is 17.6 Å². The standard InChI is InChI=1S/C37H27N7O9S/c38-23-5-1-20(2-6-23)36(48)40-27-13-15-29-22(17-27)18-32(54(51,52)53)33(34(29)46)44-42-26-11-9-24(10-12-26)39-35(47)21-3-7-25(8-4-21)41-43-28-14-16-31(45)30(19-28)37(49)50/h1-19,41-42H,38H2,(H,39,47)(H,40,48)(H,49,50)(H,51,52,53)/b43-28-,44-33+. The fourth-order valence-corrected chi connectivity index (χ4v) is 5.67. The molecule has 4 aromatic carbocycles. The number of aliphatic hydroxyl groups is 2. The Bertz CT molecular complexity index is 2540. The van der Waals surface area contributed by atoms with Gasteiger partial charge < -0.3 is 21.1 Å². The molecule has 16 nitrogen and oxygen atoms in total. The Morgan fingerprint density at radius 3 is 1.85 bits per heavy atom. The zero-order chi connectivity index (χ0) is 38.6. The molecule has 0 heterocycles. The van der Waals surface area contributed by atoms with Crippen LogP contribution in [0.5, 0.6) is 0 Å². The number of aliphatic carboxylic acids is 1. The highest BCUT2D eigenvalue weighted by atomic mass is 32.2. The van der Waals surface area contributed by atoms with E-state index in [0.29, 0.717) is 33.9 Å². The normalized spacial score (nSPS) is 16.2. The monoisotopic (exact) mass is 745 g/mol. The number of nitrogens with two attached hydrogens (primary N) is 1. The number of hydrogen-bond acceptors (Lipinski definition) is 12. The highest BCUT2D eigenvalue weighted by Gasteiger charge is 2.33. The summed E-state index contributed by atoms with van der Waals surface area (Å²) in [7, 11) is -4.92. The molecule has 4 aromatic rings. The number of anilines is 3. The number of nitrogen functional groups attached to an aromatic ring is 1. The summed E-state index contributed by atoms with van der Waals surface area (Å²) >= 11 is 0. The van der Waals surface area contributed by atoms with Crippen LogP contribution in [0.1, 0.15) is 27.0 Å². The van der Waals surface area contributed by atoms with Gasteiger partial charge in [0.1, 0.15) is 10.5 Å². The van der Waals surface area contributed by atoms with Crippen molar-refractivity contribution in [2.24, 2.45) is 20.2 Å². The van der Waals surface area contributed by atoms with Gasteiger partial charge in [0.25, 0.3) is 10.1 Å². The van der Waals surface area contributed by atoms with Crippen molar-refractivity contribution in [1.82, 2.24) is 0 Å². The number of Topliss-reactive ketones (excluding diaryl/α,β-unsaturated/α-hetero) is 1. The van der Waals surface area contributed by atoms with Gasteiger partial charge >= 0.3 is 5.97 Å². The second kappa shape index (κ2) is 15.0. The van der Waals surface area contributed by atoms with E-state index >= 15 is 0 Å². The number of ketones is 2. The Hall–Kier alpha value is -7.50. The Morgan fingerprint density at radius 1 is 0.685 bits per heavy atom. The van der Waals surface area contributed by atoms with Gasteiger partial charge in [0.15, 0.2) is 11.5 Å². The van der Waals surface area contributed by atoms with Crippen molar-refractivity contribution in [3.05, 3.63) is 142 Å². The number of aliphatic imine (C=N–C) groups is 2. The van der Waals surface area contributed by atoms with Crippen LogP contribution in [0.3, 0.4) is 0 Å². The van der Waals surface area contributed by atoms with Crippen LogP contribution < -0.4 is 16.6 Å². The average molecular weight is 746 g/mol. The number of carboxylic acids is 1. The Morgan fingerprint density at radius 2 is 1.24 bits per heavy atom. The number of rotatable bonds is 10. The maximum atomic E-state index is 13.4. The van der Waals surface area contributed by atoms with E-state index in [1.54, 1.807) is 48.5 Å². The largest absolute Gasteiger partial charge is 0.493 e. The molecule has 270 valence electrons. The van der Waals surface area contributed by atoms with E-state index in [2.05, 4.69) is 31.0 Å². The number of nitrogens with one attached hydrogen (secondary N) is 2. The molecule has 0 aromatic heterocycles. The fraction of sp³-hybridized carbons (Fsp3) is 0. The predicted octanol–water partition coefficient (Wildman–Crippen LogP) is 5.35. The quantitative estimate of drug-likeness (QED) is 0.0206. The van der Waals surface area contributed by atoms with Crippen molar-refractivity contribution in [2.45, 2.75) is 0 Å². The van der Waals surface area contributed by atoms with Gasteiger partial charge in [-0.3, -0.25) is 25.0 Å². The maximum absolute atomic E-state index is 13.4. The SMILES string of the molecule is Nc1ccc(C(O)=Nc2ccc3c(c2)C=C(S(=O)(=O)O)/C(=N\Nc2ccc(N=C(O)c4ccc(N/N=C5/C=CC(=O)C(C(=O)O)=C5)cc4)cc2)C3=O)cc1. The van der Waals surface area contributed by atoms with Crippen LogP contribution in [0, 0.1) is 0 Å². The van der Waals surface area contributed by atoms with Crippen molar-refractivity contribution in [2.75, 3.05) is 16.6 Å².